The number of carboxylic acid groups (broad SMARTS) is 1. The van der Waals surface area contributed by atoms with E-state index in [-0.39, 0.29) is 60.7 Å². The Morgan fingerprint density at radius 3 is 2.44 bits per heavy atom. The van der Waals surface area contributed by atoms with Crippen LogP contribution in [0.15, 0.2) is 18.2 Å². The van der Waals surface area contributed by atoms with Gasteiger partial charge in [0.25, 0.3) is 17.6 Å². The molecule has 262 valence electrons. The lowest BCUT2D eigenvalue weighted by atomic mass is 10.2. The Morgan fingerprint density at radius 2 is 1.85 bits per heavy atom. The molecule has 16 nitrogen and oxygen atoms in total. The van der Waals surface area contributed by atoms with E-state index in [1.807, 2.05) is 23.6 Å². The summed E-state index contributed by atoms with van der Waals surface area (Å²) in [5, 5.41) is 31.2. The number of ether oxygens (including phenoxy) is 2. The molecule has 1 aromatic carbocycles. The Morgan fingerprint density at radius 1 is 1.19 bits per heavy atom. The number of aliphatic carboxylic acids is 1. The average Bonchev–Trinajstić information content (AvgIpc) is 3.74. The zero-order valence-corrected chi connectivity index (χ0v) is 26.3. The number of hydrogen-bond donors (Lipinski definition) is 5. The van der Waals surface area contributed by atoms with E-state index in [9.17, 15) is 33.0 Å². The van der Waals surface area contributed by atoms with E-state index in [0.717, 1.165) is 29.7 Å². The summed E-state index contributed by atoms with van der Waals surface area (Å²) in [6.07, 6.45) is -5.26. The fourth-order valence-corrected chi connectivity index (χ4v) is 5.44. The van der Waals surface area contributed by atoms with E-state index in [1.54, 1.807) is 6.07 Å². The number of likely N-dealkylation sites (tertiary alicyclic amines) is 1. The maximum Gasteiger partial charge on any atom is 0.430 e. The molecule has 3 aromatic rings. The van der Waals surface area contributed by atoms with E-state index >= 15 is 0 Å². The summed E-state index contributed by atoms with van der Waals surface area (Å²) in [6.45, 7) is 3.71. The molecule has 7 N–H and O–H groups in total. The predicted octanol–water partition coefficient (Wildman–Crippen LogP) is -1.09. The molecule has 2 fully saturated rings. The van der Waals surface area contributed by atoms with Gasteiger partial charge in [-0.3, -0.25) is 9.59 Å². The maximum absolute atomic E-state index is 13.1. The zero-order chi connectivity index (χ0) is 35.3. The molecule has 2 aliphatic heterocycles. The number of carboxylic acids is 1. The minimum absolute atomic E-state index is 0.00180. The normalized spacial score (nSPS) is 19.2. The van der Waals surface area contributed by atoms with Gasteiger partial charge in [-0.1, -0.05) is 17.7 Å². The van der Waals surface area contributed by atoms with Gasteiger partial charge in [-0.25, -0.2) is 19.1 Å². The number of para-hydroxylation sites is 1. The number of nitrogens with two attached hydrogens (primary N) is 2. The highest BCUT2D eigenvalue weighted by Gasteiger charge is 2.34. The lowest BCUT2D eigenvalue weighted by Crippen LogP contribution is -2.41. The number of aromatic nitrogens is 4. The molecule has 0 unspecified atom stereocenters. The summed E-state index contributed by atoms with van der Waals surface area (Å²) in [5.74, 6) is -2.86. The number of nitrogens with zero attached hydrogens (tertiary/aromatic N) is 5. The molecule has 2 amide bonds. The summed E-state index contributed by atoms with van der Waals surface area (Å²) in [7, 11) is 0. The van der Waals surface area contributed by atoms with Crippen molar-refractivity contribution in [1.82, 2.24) is 24.8 Å². The second-order valence-corrected chi connectivity index (χ2v) is 11.2. The monoisotopic (exact) mass is 702 g/mol. The molecular weight excluding hydrogens is 669 g/mol. The molecule has 48 heavy (non-hydrogen) atoms. The number of carbonyl (C=O) groups is 3. The Kier molecular flexibility index (Phi) is 11.5. The Bertz CT molecular complexity index is 1660. The number of alkyl halides is 3. The number of carbonyl (C=O) groups excluding carboxylic acids is 3. The lowest BCUT2D eigenvalue weighted by molar-refractivity contribution is -0.676. The van der Waals surface area contributed by atoms with Crippen LogP contribution < -0.4 is 31.2 Å². The van der Waals surface area contributed by atoms with Crippen LogP contribution in [-0.2, 0) is 34.0 Å². The van der Waals surface area contributed by atoms with Gasteiger partial charge < -0.3 is 51.3 Å². The van der Waals surface area contributed by atoms with Gasteiger partial charge in [-0.15, -0.1) is 0 Å². The molecule has 2 aromatic heterocycles. The van der Waals surface area contributed by atoms with E-state index in [4.69, 9.17) is 42.4 Å². The first kappa shape index (κ1) is 36.4. The minimum atomic E-state index is -5.19. The number of benzene rings is 1. The number of rotatable bonds is 9. The first-order valence-electron chi connectivity index (χ1n) is 14.7. The molecule has 0 radical (unpaired) electrons. The molecule has 5 rings (SSSR count). The van der Waals surface area contributed by atoms with Crippen LogP contribution in [0.2, 0.25) is 5.15 Å². The second kappa shape index (κ2) is 15.2. The number of aryl methyl sites for hydroxylation is 1. The first-order chi connectivity index (χ1) is 22.6. The molecule has 20 heteroatoms. The topological polar surface area (TPSA) is 235 Å². The van der Waals surface area contributed by atoms with Crippen molar-refractivity contribution in [3.05, 3.63) is 34.9 Å². The van der Waals surface area contributed by atoms with Crippen molar-refractivity contribution in [2.75, 3.05) is 37.8 Å². The van der Waals surface area contributed by atoms with E-state index in [2.05, 4.69) is 19.9 Å². The van der Waals surface area contributed by atoms with Gasteiger partial charge in [0.1, 0.15) is 19.1 Å². The molecule has 0 aliphatic carbocycles. The number of fused-ring (bicyclic) bond motifs is 1. The third-order valence-electron chi connectivity index (χ3n) is 7.61. The third kappa shape index (κ3) is 8.33. The van der Waals surface area contributed by atoms with Crippen LogP contribution in [-0.4, -0.2) is 98.2 Å². The summed E-state index contributed by atoms with van der Waals surface area (Å²) < 4.78 is 47.6. The van der Waals surface area contributed by atoms with Crippen LogP contribution >= 0.6 is 11.6 Å². The molecule has 0 saturated carbocycles. The van der Waals surface area contributed by atoms with E-state index in [1.165, 1.54) is 4.90 Å². The minimum Gasteiger partial charge on any atom is -0.542 e. The van der Waals surface area contributed by atoms with E-state index < -0.39 is 30.3 Å². The van der Waals surface area contributed by atoms with Crippen LogP contribution in [0, 0.1) is 0 Å². The summed E-state index contributed by atoms with van der Waals surface area (Å²) in [5.41, 5.74) is 13.0. The van der Waals surface area contributed by atoms with Gasteiger partial charge in [0.05, 0.1) is 24.9 Å². The van der Waals surface area contributed by atoms with Crippen LogP contribution in [0.5, 0.6) is 5.75 Å². The van der Waals surface area contributed by atoms with Crippen LogP contribution in [0.3, 0.4) is 0 Å². The number of nitrogens with one attached hydrogen (secondary N) is 1. The molecule has 0 bridgehead atoms. The van der Waals surface area contributed by atoms with Crippen molar-refractivity contribution in [3.8, 4) is 5.75 Å². The number of imidazole rings is 1. The lowest BCUT2D eigenvalue weighted by Gasteiger charge is -2.15. The molecule has 3 atom stereocenters. The standard InChI is InChI=1S/C26H33ClN8O6.C2HF3O2/c1-2-34-19(9-30-26(39)21-24(28)32-25(29)23(27)31-21)35(10-14-5-4-8-40-14)15-6-3-7-18(22(15)34)41-13-20(38)33-11-16(36)17(37)12-33;3-2(4,5)1(6)7/h3,6-7,14,16-17,36-37H,2,4-5,8-13H2,1H3,(H4-,28,29,30,32,39);(H,6,7)/t14-,16-,17-;/m0./s1. The van der Waals surface area contributed by atoms with Crippen molar-refractivity contribution in [3.63, 3.8) is 0 Å². The quantitative estimate of drug-likeness (QED) is 0.167. The van der Waals surface area contributed by atoms with Crippen molar-refractivity contribution < 1.29 is 56.9 Å². The highest BCUT2D eigenvalue weighted by molar-refractivity contribution is 6.31. The number of amides is 2. The number of aliphatic hydroxyl groups is 2. The smallest absolute Gasteiger partial charge is 0.430 e. The van der Waals surface area contributed by atoms with Crippen LogP contribution in [0.4, 0.5) is 24.8 Å². The van der Waals surface area contributed by atoms with Gasteiger partial charge >= 0.3 is 6.18 Å². The first-order valence-corrected chi connectivity index (χ1v) is 15.1. The number of nitrogen functional groups attached to an aromatic ring is 2. The SMILES string of the molecule is CC[n+]1c(CNC(=O)c2nc(Cl)c(N)nc2N)n(C[C@@H]2CCCO2)c2cccc(OCC(=O)N3C[C@H](O)[C@@H](O)C3)c21.O=C([O-])C(F)(F)F. The van der Waals surface area contributed by atoms with Gasteiger partial charge in [-0.2, -0.15) is 13.2 Å². The molecule has 0 spiro atoms. The molecular formula is C28H34ClF3N8O8. The van der Waals surface area contributed by atoms with Crippen molar-refractivity contribution in [2.24, 2.45) is 0 Å². The predicted molar refractivity (Wildman–Crippen MR) is 159 cm³/mol. The number of anilines is 2. The highest BCUT2D eigenvalue weighted by atomic mass is 35.5. The average molecular weight is 703 g/mol. The number of β-amino-alcohol motifs (C(OH)–C–C–N with tert-alkyl or cyclic N) is 2. The van der Waals surface area contributed by atoms with Gasteiger partial charge in [-0.05, 0) is 31.9 Å². The largest absolute Gasteiger partial charge is 0.542 e. The van der Waals surface area contributed by atoms with Gasteiger partial charge in [0.15, 0.2) is 40.4 Å². The van der Waals surface area contributed by atoms with Crippen molar-refractivity contribution in [2.45, 2.75) is 63.9 Å². The van der Waals surface area contributed by atoms with Crippen molar-refractivity contribution >= 4 is 52.1 Å². The Balaban J connectivity index is 0.000000671. The van der Waals surface area contributed by atoms with Crippen LogP contribution in [0.1, 0.15) is 36.1 Å². The molecule has 2 saturated heterocycles. The zero-order valence-electron chi connectivity index (χ0n) is 25.6. The Labute approximate surface area is 276 Å². The fraction of sp³-hybridized carbons (Fsp3) is 0.500. The summed E-state index contributed by atoms with van der Waals surface area (Å²) in [6, 6.07) is 5.57. The van der Waals surface area contributed by atoms with Crippen molar-refractivity contribution in [1.29, 1.82) is 0 Å². The van der Waals surface area contributed by atoms with Gasteiger partial charge in [0.2, 0.25) is 5.52 Å². The number of hydrogen-bond acceptors (Lipinski definition) is 12. The number of halogens is 4. The Hall–Kier alpha value is -4.46. The highest BCUT2D eigenvalue weighted by Crippen LogP contribution is 2.27. The van der Waals surface area contributed by atoms with E-state index in [0.29, 0.717) is 25.4 Å². The fourth-order valence-electron chi connectivity index (χ4n) is 5.31. The number of aliphatic hydroxyl groups excluding tert-OH is 2. The summed E-state index contributed by atoms with van der Waals surface area (Å²) >= 11 is 5.97. The van der Waals surface area contributed by atoms with Gasteiger partial charge in [0, 0.05) is 19.7 Å². The third-order valence-corrected chi connectivity index (χ3v) is 7.89. The maximum atomic E-state index is 13.1. The second-order valence-electron chi connectivity index (χ2n) is 10.9. The molecule has 4 heterocycles. The molecule has 2 aliphatic rings. The van der Waals surface area contributed by atoms with Crippen LogP contribution in [0.25, 0.3) is 11.0 Å². The summed E-state index contributed by atoms with van der Waals surface area (Å²) in [4.78, 5) is 43.8.